The smallest absolute Gasteiger partial charge is 0.236 e. The number of hydrogen-bond acceptors (Lipinski definition) is 4. The average molecular weight is 228 g/mol. The highest BCUT2D eigenvalue weighted by Crippen LogP contribution is 2.10. The summed E-state index contributed by atoms with van der Waals surface area (Å²) in [6.07, 6.45) is 1.40. The van der Waals surface area contributed by atoms with Crippen molar-refractivity contribution in [1.82, 2.24) is 9.80 Å². The molecular weight excluding hydrogens is 208 g/mol. The molecule has 0 radical (unpaired) electrons. The first-order chi connectivity index (χ1) is 7.75. The Morgan fingerprint density at radius 1 is 1.19 bits per heavy atom. The monoisotopic (exact) mass is 228 g/mol. The molecule has 5 heteroatoms. The van der Waals surface area contributed by atoms with E-state index < -0.39 is 0 Å². The largest absolute Gasteiger partial charge is 0.393 e. The molecule has 0 atom stereocenters. The third-order valence-electron chi connectivity index (χ3n) is 3.28. The summed E-state index contributed by atoms with van der Waals surface area (Å²) in [5, 5.41) is 9.37. The van der Waals surface area contributed by atoms with Crippen LogP contribution in [-0.4, -0.2) is 72.9 Å². The van der Waals surface area contributed by atoms with Crippen molar-refractivity contribution in [3.8, 4) is 0 Å². The zero-order valence-electron chi connectivity index (χ0n) is 9.60. The summed E-state index contributed by atoms with van der Waals surface area (Å²) in [5.74, 6) is 0.194. The zero-order valence-corrected chi connectivity index (χ0v) is 9.60. The Labute approximate surface area is 96.0 Å². The minimum atomic E-state index is -0.172. The van der Waals surface area contributed by atoms with Gasteiger partial charge in [0.05, 0.1) is 25.9 Å². The SMILES string of the molecule is O=C(CN1CCC(O)CC1)N1CCOCC1. The number of aliphatic hydroxyl groups excluding tert-OH is 1. The standard InChI is InChI=1S/C11H20N2O3/c14-10-1-3-12(4-2-10)9-11(15)13-5-7-16-8-6-13/h10,14H,1-9H2. The van der Waals surface area contributed by atoms with Gasteiger partial charge in [-0.15, -0.1) is 0 Å². The highest BCUT2D eigenvalue weighted by molar-refractivity contribution is 5.78. The molecule has 0 aliphatic carbocycles. The first-order valence-electron chi connectivity index (χ1n) is 6.01. The van der Waals surface area contributed by atoms with Crippen LogP contribution in [0.3, 0.4) is 0 Å². The summed E-state index contributed by atoms with van der Waals surface area (Å²) in [4.78, 5) is 15.9. The van der Waals surface area contributed by atoms with Crippen LogP contribution in [0, 0.1) is 0 Å². The number of rotatable bonds is 2. The number of carbonyl (C=O) groups excluding carboxylic acids is 1. The molecule has 0 saturated carbocycles. The van der Waals surface area contributed by atoms with Gasteiger partial charge in [-0.25, -0.2) is 0 Å². The Morgan fingerprint density at radius 2 is 1.81 bits per heavy atom. The second-order valence-electron chi connectivity index (χ2n) is 4.50. The fourth-order valence-corrected chi connectivity index (χ4v) is 2.18. The molecule has 92 valence electrons. The topological polar surface area (TPSA) is 53.0 Å². The summed E-state index contributed by atoms with van der Waals surface area (Å²) in [6.45, 7) is 4.90. The second-order valence-corrected chi connectivity index (χ2v) is 4.50. The molecule has 0 unspecified atom stereocenters. The Kier molecular flexibility index (Phi) is 4.15. The molecule has 0 aromatic carbocycles. The van der Waals surface area contributed by atoms with Crippen LogP contribution < -0.4 is 0 Å². The van der Waals surface area contributed by atoms with Crippen molar-refractivity contribution in [1.29, 1.82) is 0 Å². The fraction of sp³-hybridized carbons (Fsp3) is 0.909. The quantitative estimate of drug-likeness (QED) is 0.679. The molecule has 0 aromatic heterocycles. The van der Waals surface area contributed by atoms with Gasteiger partial charge in [0.2, 0.25) is 5.91 Å². The van der Waals surface area contributed by atoms with Crippen LogP contribution in [0.4, 0.5) is 0 Å². The van der Waals surface area contributed by atoms with Crippen LogP contribution in [0.1, 0.15) is 12.8 Å². The first-order valence-corrected chi connectivity index (χ1v) is 6.01. The van der Waals surface area contributed by atoms with Crippen LogP contribution in [-0.2, 0) is 9.53 Å². The summed E-state index contributed by atoms with van der Waals surface area (Å²) in [5.41, 5.74) is 0. The Hall–Kier alpha value is -0.650. The van der Waals surface area contributed by atoms with Crippen molar-refractivity contribution in [3.63, 3.8) is 0 Å². The minimum Gasteiger partial charge on any atom is -0.393 e. The Morgan fingerprint density at radius 3 is 2.44 bits per heavy atom. The predicted molar refractivity (Wildman–Crippen MR) is 59.1 cm³/mol. The van der Waals surface area contributed by atoms with Crippen molar-refractivity contribution >= 4 is 5.91 Å². The molecule has 0 bridgehead atoms. The molecular formula is C11H20N2O3. The van der Waals surface area contributed by atoms with Gasteiger partial charge < -0.3 is 14.7 Å². The van der Waals surface area contributed by atoms with Gasteiger partial charge in [0, 0.05) is 26.2 Å². The number of piperidine rings is 1. The summed E-state index contributed by atoms with van der Waals surface area (Å²) < 4.78 is 5.21. The third kappa shape index (κ3) is 3.17. The van der Waals surface area contributed by atoms with Crippen LogP contribution in [0.5, 0.6) is 0 Å². The predicted octanol–water partition coefficient (Wildman–Crippen LogP) is -0.698. The number of ether oxygens (including phenoxy) is 1. The molecule has 2 aliphatic rings. The fourth-order valence-electron chi connectivity index (χ4n) is 2.18. The van der Waals surface area contributed by atoms with E-state index in [1.54, 1.807) is 0 Å². The van der Waals surface area contributed by atoms with Crippen molar-refractivity contribution in [2.75, 3.05) is 45.9 Å². The molecule has 1 N–H and O–H groups in total. The lowest BCUT2D eigenvalue weighted by atomic mass is 10.1. The van der Waals surface area contributed by atoms with Gasteiger partial charge in [-0.2, -0.15) is 0 Å². The van der Waals surface area contributed by atoms with E-state index in [0.29, 0.717) is 19.8 Å². The van der Waals surface area contributed by atoms with Gasteiger partial charge in [-0.3, -0.25) is 9.69 Å². The van der Waals surface area contributed by atoms with E-state index in [0.717, 1.165) is 39.0 Å². The Balaban J connectivity index is 1.73. The van der Waals surface area contributed by atoms with E-state index in [2.05, 4.69) is 4.90 Å². The van der Waals surface area contributed by atoms with Crippen molar-refractivity contribution in [3.05, 3.63) is 0 Å². The van der Waals surface area contributed by atoms with E-state index >= 15 is 0 Å². The minimum absolute atomic E-state index is 0.172. The molecule has 0 spiro atoms. The number of morpholine rings is 1. The van der Waals surface area contributed by atoms with E-state index in [1.165, 1.54) is 0 Å². The summed E-state index contributed by atoms with van der Waals surface area (Å²) in [7, 11) is 0. The van der Waals surface area contributed by atoms with Crippen molar-refractivity contribution in [2.45, 2.75) is 18.9 Å². The van der Waals surface area contributed by atoms with Gasteiger partial charge in [0.1, 0.15) is 0 Å². The maximum Gasteiger partial charge on any atom is 0.236 e. The highest BCUT2D eigenvalue weighted by atomic mass is 16.5. The second kappa shape index (κ2) is 5.61. The van der Waals surface area contributed by atoms with Crippen LogP contribution >= 0.6 is 0 Å². The summed E-state index contributed by atoms with van der Waals surface area (Å²) in [6, 6.07) is 0. The molecule has 16 heavy (non-hydrogen) atoms. The average Bonchev–Trinajstić information content (AvgIpc) is 2.33. The molecule has 2 aliphatic heterocycles. The molecule has 0 aromatic rings. The van der Waals surface area contributed by atoms with Gasteiger partial charge in [-0.1, -0.05) is 0 Å². The van der Waals surface area contributed by atoms with Crippen LogP contribution in [0.25, 0.3) is 0 Å². The van der Waals surface area contributed by atoms with Crippen LogP contribution in [0.2, 0.25) is 0 Å². The van der Waals surface area contributed by atoms with E-state index in [4.69, 9.17) is 4.74 Å². The number of aliphatic hydroxyl groups is 1. The van der Waals surface area contributed by atoms with Crippen molar-refractivity contribution < 1.29 is 14.6 Å². The number of likely N-dealkylation sites (tertiary alicyclic amines) is 1. The molecule has 1 amide bonds. The molecule has 2 saturated heterocycles. The lowest BCUT2D eigenvalue weighted by molar-refractivity contribution is -0.137. The summed E-state index contributed by atoms with van der Waals surface area (Å²) >= 11 is 0. The van der Waals surface area contributed by atoms with E-state index in [9.17, 15) is 9.90 Å². The normalized spacial score (nSPS) is 24.7. The van der Waals surface area contributed by atoms with Crippen LogP contribution in [0.15, 0.2) is 0 Å². The first kappa shape index (κ1) is 11.8. The highest BCUT2D eigenvalue weighted by Gasteiger charge is 2.22. The number of hydrogen-bond donors (Lipinski definition) is 1. The lowest BCUT2D eigenvalue weighted by Gasteiger charge is -2.32. The third-order valence-corrected chi connectivity index (χ3v) is 3.28. The molecule has 5 nitrogen and oxygen atoms in total. The van der Waals surface area contributed by atoms with Gasteiger partial charge >= 0.3 is 0 Å². The van der Waals surface area contributed by atoms with Crippen molar-refractivity contribution in [2.24, 2.45) is 0 Å². The molecule has 2 rings (SSSR count). The van der Waals surface area contributed by atoms with Gasteiger partial charge in [-0.05, 0) is 12.8 Å². The number of carbonyl (C=O) groups is 1. The molecule has 2 fully saturated rings. The lowest BCUT2D eigenvalue weighted by Crippen LogP contribution is -2.47. The molecule has 2 heterocycles. The maximum absolute atomic E-state index is 11.9. The van der Waals surface area contributed by atoms with Gasteiger partial charge in [0.25, 0.3) is 0 Å². The maximum atomic E-state index is 11.9. The van der Waals surface area contributed by atoms with E-state index in [-0.39, 0.29) is 12.0 Å². The Bertz CT molecular complexity index is 233. The number of nitrogens with zero attached hydrogens (tertiary/aromatic N) is 2. The zero-order chi connectivity index (χ0) is 11.4. The number of amides is 1. The van der Waals surface area contributed by atoms with E-state index in [1.807, 2.05) is 4.90 Å². The van der Waals surface area contributed by atoms with Gasteiger partial charge in [0.15, 0.2) is 0 Å².